The van der Waals surface area contributed by atoms with Crippen LogP contribution >= 0.6 is 11.6 Å². The number of aromatic nitrogens is 1. The van der Waals surface area contributed by atoms with Gasteiger partial charge in [-0.3, -0.25) is 14.9 Å². The van der Waals surface area contributed by atoms with Crippen molar-refractivity contribution in [2.24, 2.45) is 5.92 Å². The van der Waals surface area contributed by atoms with Gasteiger partial charge in [-0.2, -0.15) is 4.31 Å². The number of carbonyl (C=O) groups excluding carboxylic acids is 2. The van der Waals surface area contributed by atoms with E-state index >= 15 is 0 Å². The Kier molecular flexibility index (Phi) is 9.21. The van der Waals surface area contributed by atoms with Gasteiger partial charge in [0.2, 0.25) is 5.91 Å². The first-order valence-corrected chi connectivity index (χ1v) is 17.0. The fourth-order valence-electron chi connectivity index (χ4n) is 6.29. The Morgan fingerprint density at radius 1 is 1.09 bits per heavy atom. The lowest BCUT2D eigenvalue weighted by Crippen LogP contribution is -2.52. The number of rotatable bonds is 10. The Bertz CT molecular complexity index is 1590. The normalized spacial score (nSPS) is 25.5. The summed E-state index contributed by atoms with van der Waals surface area (Å²) in [4.78, 5) is 31.1. The van der Waals surface area contributed by atoms with Crippen LogP contribution in [0.15, 0.2) is 70.2 Å². The van der Waals surface area contributed by atoms with Gasteiger partial charge in [0.25, 0.3) is 10.0 Å². The number of carbonyl (C=O) groups is 2. The summed E-state index contributed by atoms with van der Waals surface area (Å²) >= 11 is 6.14. The number of benzene rings is 1. The Labute approximate surface area is 262 Å². The molecule has 3 aliphatic rings. The van der Waals surface area contributed by atoms with E-state index in [-0.39, 0.29) is 29.4 Å². The molecule has 5 atom stereocenters. The topological polar surface area (TPSA) is 134 Å². The molecule has 0 radical (unpaired) electrons. The zero-order chi connectivity index (χ0) is 30.8. The third kappa shape index (κ3) is 6.92. The first-order valence-electron chi connectivity index (χ1n) is 15.2. The van der Waals surface area contributed by atoms with Crippen LogP contribution in [0.1, 0.15) is 63.7 Å². The van der Waals surface area contributed by atoms with Gasteiger partial charge >= 0.3 is 0 Å². The molecule has 44 heavy (non-hydrogen) atoms. The van der Waals surface area contributed by atoms with E-state index in [1.54, 1.807) is 25.1 Å². The van der Waals surface area contributed by atoms with Crippen LogP contribution in [0, 0.1) is 5.92 Å². The number of nitrogens with one attached hydrogen (secondary N) is 2. The Morgan fingerprint density at radius 3 is 2.66 bits per heavy atom. The average Bonchev–Trinajstić information content (AvgIpc) is 3.37. The van der Waals surface area contributed by atoms with Crippen molar-refractivity contribution in [3.05, 3.63) is 71.6 Å². The van der Waals surface area contributed by atoms with Crippen molar-refractivity contribution in [1.82, 2.24) is 19.9 Å². The monoisotopic (exact) mass is 640 g/mol. The van der Waals surface area contributed by atoms with Crippen LogP contribution in [0.3, 0.4) is 0 Å². The summed E-state index contributed by atoms with van der Waals surface area (Å²) in [5, 5.41) is 6.84. The van der Waals surface area contributed by atoms with Crippen LogP contribution in [0.25, 0.3) is 11.3 Å². The van der Waals surface area contributed by atoms with Crippen LogP contribution in [0.2, 0.25) is 5.02 Å². The van der Waals surface area contributed by atoms with Gasteiger partial charge in [0.05, 0.1) is 18.6 Å². The lowest BCUT2D eigenvalue weighted by atomic mass is 9.97. The number of ketones is 1. The molecule has 12 heteroatoms. The average molecular weight is 641 g/mol. The minimum atomic E-state index is -3.97. The molecule has 1 aromatic carbocycles. The number of hydrogen-bond donors (Lipinski definition) is 2. The van der Waals surface area contributed by atoms with Crippen molar-refractivity contribution >= 4 is 33.3 Å². The molecular weight excluding hydrogens is 604 g/mol. The van der Waals surface area contributed by atoms with Gasteiger partial charge < -0.3 is 14.5 Å². The largest absolute Gasteiger partial charge is 0.458 e. The maximum Gasteiger partial charge on any atom is 0.261 e. The summed E-state index contributed by atoms with van der Waals surface area (Å²) in [6, 6.07) is 14.0. The Morgan fingerprint density at radius 2 is 1.91 bits per heavy atom. The van der Waals surface area contributed by atoms with E-state index in [2.05, 4.69) is 15.6 Å². The van der Waals surface area contributed by atoms with Crippen molar-refractivity contribution in [2.75, 3.05) is 6.54 Å². The lowest BCUT2D eigenvalue weighted by Gasteiger charge is -2.25. The molecule has 1 amide bonds. The van der Waals surface area contributed by atoms with Gasteiger partial charge in [-0.05, 0) is 68.5 Å². The van der Waals surface area contributed by atoms with Crippen LogP contribution in [0.5, 0.6) is 0 Å². The van der Waals surface area contributed by atoms with Crippen molar-refractivity contribution in [3.8, 4) is 11.3 Å². The van der Waals surface area contributed by atoms with E-state index in [9.17, 15) is 18.0 Å². The third-order valence-corrected chi connectivity index (χ3v) is 10.9. The van der Waals surface area contributed by atoms with E-state index in [4.69, 9.17) is 20.8 Å². The molecule has 3 unspecified atom stereocenters. The van der Waals surface area contributed by atoms with E-state index < -0.39 is 34.4 Å². The van der Waals surface area contributed by atoms with Crippen LogP contribution in [0.4, 0.5) is 0 Å². The van der Waals surface area contributed by atoms with Gasteiger partial charge in [-0.15, -0.1) is 0 Å². The summed E-state index contributed by atoms with van der Waals surface area (Å²) < 4.78 is 39.7. The van der Waals surface area contributed by atoms with E-state index in [0.717, 1.165) is 31.2 Å². The van der Waals surface area contributed by atoms with E-state index in [1.165, 1.54) is 16.6 Å². The highest BCUT2D eigenvalue weighted by atomic mass is 35.5. The second-order valence-corrected chi connectivity index (χ2v) is 14.2. The number of nitrogens with zero attached hydrogens (tertiary/aromatic N) is 2. The maximum absolute atomic E-state index is 13.7. The molecule has 2 aliphatic heterocycles. The van der Waals surface area contributed by atoms with Gasteiger partial charge in [0.1, 0.15) is 17.7 Å². The van der Waals surface area contributed by atoms with Crippen LogP contribution in [-0.2, 0) is 24.3 Å². The molecule has 6 rings (SSSR count). The first kappa shape index (κ1) is 30.9. The number of epoxide rings is 1. The molecule has 0 bridgehead atoms. The number of hydrogen-bond acceptors (Lipinski definition) is 8. The molecule has 234 valence electrons. The summed E-state index contributed by atoms with van der Waals surface area (Å²) in [6.45, 7) is 1.45. The smallest absolute Gasteiger partial charge is 0.261 e. The maximum atomic E-state index is 13.7. The highest BCUT2D eigenvalue weighted by Crippen LogP contribution is 2.40. The number of Topliss-reactive ketones (excluding diaryl/α,β-unsaturated/α-hetero) is 1. The zero-order valence-corrected chi connectivity index (χ0v) is 26.1. The summed E-state index contributed by atoms with van der Waals surface area (Å²) in [5.41, 5.74) is 0.862. The van der Waals surface area contributed by atoms with E-state index in [1.807, 2.05) is 30.3 Å². The lowest BCUT2D eigenvalue weighted by molar-refractivity contribution is -0.129. The first-order chi connectivity index (χ1) is 21.2. The van der Waals surface area contributed by atoms with Crippen molar-refractivity contribution in [3.63, 3.8) is 0 Å². The summed E-state index contributed by atoms with van der Waals surface area (Å²) in [7, 11) is -3.97. The molecule has 3 fully saturated rings. The number of sulfonamides is 1. The second-order valence-electron chi connectivity index (χ2n) is 12.0. The van der Waals surface area contributed by atoms with E-state index in [0.29, 0.717) is 41.7 Å². The summed E-state index contributed by atoms with van der Waals surface area (Å²) in [6.07, 6.45) is 6.45. The highest BCUT2D eigenvalue weighted by molar-refractivity contribution is 7.89. The van der Waals surface area contributed by atoms with Crippen molar-refractivity contribution in [1.29, 1.82) is 0 Å². The summed E-state index contributed by atoms with van der Waals surface area (Å²) in [5.74, 6) is 1.11. The molecule has 2 saturated heterocycles. The van der Waals surface area contributed by atoms with Crippen molar-refractivity contribution in [2.45, 2.75) is 87.4 Å². The zero-order valence-electron chi connectivity index (χ0n) is 24.5. The molecule has 0 spiro atoms. The van der Waals surface area contributed by atoms with Gasteiger partial charge in [0, 0.05) is 22.8 Å². The quantitative estimate of drug-likeness (QED) is 0.300. The van der Waals surface area contributed by atoms with Crippen LogP contribution < -0.4 is 10.6 Å². The number of amides is 1. The molecule has 4 heterocycles. The molecule has 10 nitrogen and oxygen atoms in total. The molecular formula is C32H37ClN4O6S. The fourth-order valence-corrected chi connectivity index (χ4v) is 8.04. The Hall–Kier alpha value is -3.09. The number of furan rings is 1. The minimum absolute atomic E-state index is 0.0989. The SMILES string of the molecule is C[C@@H]1CCC(NC(=O)[C@H](CC2CCCC2)NC2OC2c2ccc(-c3cccc(Cl)c3)o2)C(=O)CN1S(=O)(=O)c1ccccn1. The number of pyridine rings is 1. The molecule has 2 aromatic heterocycles. The van der Waals surface area contributed by atoms with Crippen molar-refractivity contribution < 1.29 is 27.2 Å². The number of halogens is 1. The Balaban J connectivity index is 1.12. The predicted octanol–water partition coefficient (Wildman–Crippen LogP) is 4.86. The standard InChI is InChI=1S/C32H37ClN4O6S/c1-20-12-13-24(26(38)19-37(20)44(40,41)29-11-4-5-16-34-29)35-31(39)25(17-21-7-2-3-8-21)36-32-30(43-32)28-15-14-27(42-28)22-9-6-10-23(33)18-22/h4-6,9-11,14-16,18,20-21,24-25,30,32,36H,2-3,7-8,12-13,17,19H2,1H3,(H,35,39)/t20-,24?,25+,30?,32?/m1/s1. The second kappa shape index (κ2) is 13.1. The minimum Gasteiger partial charge on any atom is -0.458 e. The highest BCUT2D eigenvalue weighted by Gasteiger charge is 2.46. The molecule has 1 aliphatic carbocycles. The van der Waals surface area contributed by atoms with Crippen LogP contribution in [-0.4, -0.2) is 60.3 Å². The molecule has 3 aromatic rings. The number of ether oxygens (including phenoxy) is 1. The van der Waals surface area contributed by atoms with Gasteiger partial charge in [-0.1, -0.05) is 55.5 Å². The fraction of sp³-hybridized carbons (Fsp3) is 0.469. The molecule has 2 N–H and O–H groups in total. The molecule has 1 saturated carbocycles. The van der Waals surface area contributed by atoms with Gasteiger partial charge in [-0.25, -0.2) is 13.4 Å². The van der Waals surface area contributed by atoms with Gasteiger partial charge in [0.15, 0.2) is 16.9 Å². The third-order valence-electron chi connectivity index (χ3n) is 8.83. The predicted molar refractivity (Wildman–Crippen MR) is 164 cm³/mol.